The summed E-state index contributed by atoms with van der Waals surface area (Å²) in [5.41, 5.74) is 11.2. The highest BCUT2D eigenvalue weighted by atomic mass is 35.5. The maximum atomic E-state index is 6.61. The van der Waals surface area contributed by atoms with Gasteiger partial charge in [0.15, 0.2) is 0 Å². The lowest BCUT2D eigenvalue weighted by atomic mass is 9.66. The predicted octanol–water partition coefficient (Wildman–Crippen LogP) is 5.63. The molecule has 0 aromatic heterocycles. The summed E-state index contributed by atoms with van der Waals surface area (Å²) in [6, 6.07) is 9.41. The lowest BCUT2D eigenvalue weighted by Gasteiger charge is -2.39. The molecule has 106 valence electrons. The van der Waals surface area contributed by atoms with Crippen molar-refractivity contribution in [3.63, 3.8) is 0 Å². The fraction of sp³-hybridized carbons (Fsp3) is 0.300. The molecule has 3 aliphatic rings. The van der Waals surface area contributed by atoms with E-state index in [4.69, 9.17) is 11.6 Å². The van der Waals surface area contributed by atoms with Gasteiger partial charge in [-0.25, -0.2) is 0 Å². The molecule has 0 radical (unpaired) electrons. The average molecular weight is 295 g/mol. The summed E-state index contributed by atoms with van der Waals surface area (Å²) in [6.45, 7) is 8.78. The van der Waals surface area contributed by atoms with Crippen molar-refractivity contribution < 1.29 is 0 Å². The zero-order chi connectivity index (χ0) is 14.9. The van der Waals surface area contributed by atoms with Crippen molar-refractivity contribution in [3.05, 3.63) is 79.9 Å². The van der Waals surface area contributed by atoms with Crippen molar-refractivity contribution in [1.29, 1.82) is 0 Å². The molecule has 0 saturated heterocycles. The number of allylic oxidation sites excluding steroid dienone is 2. The van der Waals surface area contributed by atoms with Gasteiger partial charge in [-0.3, -0.25) is 0 Å². The minimum atomic E-state index is 0.236. The smallest absolute Gasteiger partial charge is 0.0451 e. The van der Waals surface area contributed by atoms with Gasteiger partial charge in [0.25, 0.3) is 0 Å². The summed E-state index contributed by atoms with van der Waals surface area (Å²) >= 11 is 6.61. The van der Waals surface area contributed by atoms with Crippen molar-refractivity contribution in [3.8, 4) is 0 Å². The van der Waals surface area contributed by atoms with Crippen LogP contribution in [0.3, 0.4) is 0 Å². The third-order valence-electron chi connectivity index (χ3n) is 5.29. The second-order valence-corrected chi connectivity index (χ2v) is 7.03. The Balaban J connectivity index is 2.04. The quantitative estimate of drug-likeness (QED) is 0.590. The van der Waals surface area contributed by atoms with Gasteiger partial charge in [-0.2, -0.15) is 0 Å². The summed E-state index contributed by atoms with van der Waals surface area (Å²) < 4.78 is 0. The largest absolute Gasteiger partial charge is 0.0884 e. The van der Waals surface area contributed by atoms with E-state index in [2.05, 4.69) is 58.0 Å². The van der Waals surface area contributed by atoms with Crippen molar-refractivity contribution in [2.45, 2.75) is 39.5 Å². The molecule has 0 atom stereocenters. The van der Waals surface area contributed by atoms with Gasteiger partial charge in [0.2, 0.25) is 0 Å². The maximum absolute atomic E-state index is 6.61. The summed E-state index contributed by atoms with van der Waals surface area (Å²) in [4.78, 5) is 0. The SMILES string of the molecule is Cc1cc2c(cc1C)C1C(Cl)=CC2c2cc(C)c(C)cc21. The summed E-state index contributed by atoms with van der Waals surface area (Å²) in [5.74, 6) is 0.561. The van der Waals surface area contributed by atoms with E-state index in [1.165, 1.54) is 44.5 Å². The molecule has 1 heteroatoms. The molecular weight excluding hydrogens is 276 g/mol. The van der Waals surface area contributed by atoms with Crippen LogP contribution in [-0.4, -0.2) is 0 Å². The van der Waals surface area contributed by atoms with E-state index in [1.807, 2.05) is 0 Å². The minimum absolute atomic E-state index is 0.236. The van der Waals surface area contributed by atoms with Crippen LogP contribution in [0.1, 0.15) is 56.3 Å². The summed E-state index contributed by atoms with van der Waals surface area (Å²) in [6.07, 6.45) is 2.25. The lowest BCUT2D eigenvalue weighted by molar-refractivity contribution is 0.792. The van der Waals surface area contributed by atoms with Gasteiger partial charge in [0, 0.05) is 16.9 Å². The van der Waals surface area contributed by atoms with Crippen LogP contribution in [0, 0.1) is 27.7 Å². The Bertz CT molecular complexity index is 752. The van der Waals surface area contributed by atoms with Crippen molar-refractivity contribution in [2.24, 2.45) is 0 Å². The molecule has 0 nitrogen and oxygen atoms in total. The molecule has 0 saturated carbocycles. The standard InChI is InChI=1S/C20H19Cl/c1-10-5-14-16-9-19(21)20(17(14)7-12(10)3)18-8-13(4)11(2)6-15(16)18/h5-9,16,20H,1-4H3. The van der Waals surface area contributed by atoms with E-state index in [1.54, 1.807) is 0 Å². The Morgan fingerprint density at radius 1 is 0.667 bits per heavy atom. The molecular formula is C20H19Cl. The Morgan fingerprint density at radius 3 is 1.48 bits per heavy atom. The predicted molar refractivity (Wildman–Crippen MR) is 89.5 cm³/mol. The molecule has 21 heavy (non-hydrogen) atoms. The van der Waals surface area contributed by atoms with E-state index in [9.17, 15) is 0 Å². The molecule has 0 unspecified atom stereocenters. The molecule has 2 bridgehead atoms. The van der Waals surface area contributed by atoms with Gasteiger partial charge in [-0.1, -0.05) is 41.9 Å². The fourth-order valence-corrected chi connectivity index (χ4v) is 4.19. The van der Waals surface area contributed by atoms with Crippen molar-refractivity contribution in [1.82, 2.24) is 0 Å². The van der Waals surface area contributed by atoms with E-state index in [0.29, 0.717) is 5.92 Å². The number of hydrogen-bond acceptors (Lipinski definition) is 0. The number of halogens is 1. The van der Waals surface area contributed by atoms with Gasteiger partial charge in [0.05, 0.1) is 0 Å². The second kappa shape index (κ2) is 4.24. The molecule has 0 heterocycles. The average Bonchev–Trinajstić information content (AvgIpc) is 2.42. The van der Waals surface area contributed by atoms with Crippen LogP contribution in [0.15, 0.2) is 35.4 Å². The first-order chi connectivity index (χ1) is 9.97. The Hall–Kier alpha value is -1.53. The van der Waals surface area contributed by atoms with Gasteiger partial charge >= 0.3 is 0 Å². The van der Waals surface area contributed by atoms with E-state index < -0.39 is 0 Å². The van der Waals surface area contributed by atoms with E-state index in [0.717, 1.165) is 5.03 Å². The van der Waals surface area contributed by atoms with Crippen LogP contribution >= 0.6 is 11.6 Å². The highest BCUT2D eigenvalue weighted by Crippen LogP contribution is 2.54. The minimum Gasteiger partial charge on any atom is -0.0884 e. The summed E-state index contributed by atoms with van der Waals surface area (Å²) in [5, 5.41) is 0.992. The van der Waals surface area contributed by atoms with Crippen LogP contribution in [-0.2, 0) is 0 Å². The van der Waals surface area contributed by atoms with Crippen molar-refractivity contribution >= 4 is 11.6 Å². The molecule has 0 aliphatic heterocycles. The molecule has 0 fully saturated rings. The highest BCUT2D eigenvalue weighted by molar-refractivity contribution is 6.31. The molecule has 5 rings (SSSR count). The second-order valence-electron chi connectivity index (χ2n) is 6.59. The van der Waals surface area contributed by atoms with Crippen LogP contribution in [0.25, 0.3) is 0 Å². The maximum Gasteiger partial charge on any atom is 0.0451 e. The van der Waals surface area contributed by atoms with Gasteiger partial charge in [-0.05, 0) is 72.2 Å². The third-order valence-corrected chi connectivity index (χ3v) is 5.64. The molecule has 2 aromatic carbocycles. The number of aryl methyl sites for hydroxylation is 4. The first-order valence-corrected chi connectivity index (χ1v) is 7.94. The monoisotopic (exact) mass is 294 g/mol. The summed E-state index contributed by atoms with van der Waals surface area (Å²) in [7, 11) is 0. The van der Waals surface area contributed by atoms with Gasteiger partial charge < -0.3 is 0 Å². The Morgan fingerprint density at radius 2 is 1.05 bits per heavy atom. The lowest BCUT2D eigenvalue weighted by Crippen LogP contribution is -2.23. The van der Waals surface area contributed by atoms with E-state index in [-0.39, 0.29) is 5.92 Å². The molecule has 0 amide bonds. The number of hydrogen-bond donors (Lipinski definition) is 0. The normalized spacial score (nSPS) is 21.9. The fourth-order valence-electron chi connectivity index (χ4n) is 3.83. The Kier molecular flexibility index (Phi) is 2.65. The highest BCUT2D eigenvalue weighted by Gasteiger charge is 2.38. The zero-order valence-electron chi connectivity index (χ0n) is 12.9. The number of rotatable bonds is 0. The van der Waals surface area contributed by atoms with Crippen LogP contribution in [0.5, 0.6) is 0 Å². The molecule has 0 spiro atoms. The number of benzene rings is 2. The third kappa shape index (κ3) is 1.69. The molecule has 2 aromatic rings. The zero-order valence-corrected chi connectivity index (χ0v) is 13.7. The van der Waals surface area contributed by atoms with Gasteiger partial charge in [-0.15, -0.1) is 0 Å². The van der Waals surface area contributed by atoms with Crippen LogP contribution in [0.2, 0.25) is 0 Å². The molecule has 0 N–H and O–H groups in total. The first kappa shape index (κ1) is 13.2. The van der Waals surface area contributed by atoms with Crippen LogP contribution < -0.4 is 0 Å². The van der Waals surface area contributed by atoms with Crippen molar-refractivity contribution in [2.75, 3.05) is 0 Å². The first-order valence-electron chi connectivity index (χ1n) is 7.56. The van der Waals surface area contributed by atoms with Gasteiger partial charge in [0.1, 0.15) is 0 Å². The topological polar surface area (TPSA) is 0 Å². The van der Waals surface area contributed by atoms with E-state index >= 15 is 0 Å². The van der Waals surface area contributed by atoms with Crippen LogP contribution in [0.4, 0.5) is 0 Å². The molecule has 3 aliphatic carbocycles. The Labute approximate surface area is 131 Å².